The molecule has 20 heavy (non-hydrogen) atoms. The summed E-state index contributed by atoms with van der Waals surface area (Å²) in [7, 11) is 1.85. The first-order valence-corrected chi connectivity index (χ1v) is 6.92. The number of aryl methyl sites for hydroxylation is 2. The highest BCUT2D eigenvalue weighted by atomic mass is 35.5. The Bertz CT molecular complexity index is 861. The number of fused-ring (bicyclic) bond motifs is 1. The fourth-order valence-electron chi connectivity index (χ4n) is 2.30. The molecular formula is C13H12ClFN4S. The van der Waals surface area contributed by atoms with Crippen molar-refractivity contribution in [2.45, 2.75) is 13.3 Å². The minimum Gasteiger partial charge on any atom is -0.330 e. The van der Waals surface area contributed by atoms with E-state index in [-0.39, 0.29) is 5.02 Å². The first kappa shape index (κ1) is 13.3. The Balaban J connectivity index is 2.38. The van der Waals surface area contributed by atoms with Crippen LogP contribution in [0.2, 0.25) is 5.02 Å². The third-order valence-electron chi connectivity index (χ3n) is 3.18. The van der Waals surface area contributed by atoms with Crippen LogP contribution in [0, 0.1) is 10.6 Å². The Morgan fingerprint density at radius 3 is 2.90 bits per heavy atom. The molecule has 104 valence electrons. The number of halogens is 2. The molecule has 0 radical (unpaired) electrons. The van der Waals surface area contributed by atoms with E-state index >= 15 is 0 Å². The van der Waals surface area contributed by atoms with Gasteiger partial charge in [0.15, 0.2) is 4.77 Å². The Hall–Kier alpha value is -1.66. The maximum Gasteiger partial charge on any atom is 0.182 e. The van der Waals surface area contributed by atoms with Gasteiger partial charge >= 0.3 is 0 Å². The number of nitrogens with zero attached hydrogens (tertiary/aromatic N) is 3. The number of hydrogen-bond acceptors (Lipinski definition) is 2. The number of nitrogens with one attached hydrogen (secondary N) is 1. The molecule has 1 N–H and O–H groups in total. The minimum absolute atomic E-state index is 0.0715. The van der Waals surface area contributed by atoms with Gasteiger partial charge in [-0.3, -0.25) is 9.25 Å². The number of rotatable bonds is 2. The summed E-state index contributed by atoms with van der Waals surface area (Å²) >= 11 is 11.2. The van der Waals surface area contributed by atoms with Crippen molar-refractivity contribution in [2.75, 3.05) is 0 Å². The predicted octanol–water partition coefficient (Wildman–Crippen LogP) is 3.78. The third kappa shape index (κ3) is 1.96. The lowest BCUT2D eigenvalue weighted by Gasteiger charge is -2.04. The summed E-state index contributed by atoms with van der Waals surface area (Å²) in [5, 5.41) is 4.47. The van der Waals surface area contributed by atoms with Crippen LogP contribution in [0.1, 0.15) is 12.6 Å². The molecule has 1 aromatic carbocycles. The summed E-state index contributed by atoms with van der Waals surface area (Å²) in [5.74, 6) is -0.468. The van der Waals surface area contributed by atoms with E-state index in [1.165, 1.54) is 6.07 Å². The van der Waals surface area contributed by atoms with Crippen LogP contribution in [0.5, 0.6) is 0 Å². The quantitative estimate of drug-likeness (QED) is 0.732. The van der Waals surface area contributed by atoms with Crippen LogP contribution in [0.3, 0.4) is 0 Å². The highest BCUT2D eigenvalue weighted by Crippen LogP contribution is 2.26. The first-order valence-electron chi connectivity index (χ1n) is 6.14. The van der Waals surface area contributed by atoms with Crippen molar-refractivity contribution < 1.29 is 4.39 Å². The predicted molar refractivity (Wildman–Crippen MR) is 79.6 cm³/mol. The van der Waals surface area contributed by atoms with E-state index in [9.17, 15) is 4.39 Å². The lowest BCUT2D eigenvalue weighted by atomic mass is 10.2. The molecule has 0 unspecified atom stereocenters. The molecule has 0 saturated carbocycles. The number of hydrogen-bond donors (Lipinski definition) is 1. The summed E-state index contributed by atoms with van der Waals surface area (Å²) in [6, 6.07) is 2.93. The van der Waals surface area contributed by atoms with Gasteiger partial charge in [-0.15, -0.1) is 0 Å². The maximum atomic E-state index is 13.5. The molecule has 0 aliphatic rings. The molecule has 7 heteroatoms. The monoisotopic (exact) mass is 310 g/mol. The molecule has 0 bridgehead atoms. The summed E-state index contributed by atoms with van der Waals surface area (Å²) in [5.41, 5.74) is 3.16. The molecule has 4 nitrogen and oxygen atoms in total. The standard InChI is InChI=1S/C13H12ClFN4S/c1-3-9-12(6-18(2)17-9)19-11-4-7(14)8(15)5-10(11)16-13(19)20/h4-6H,3H2,1-2H3,(H,16,20). The van der Waals surface area contributed by atoms with Crippen LogP contribution in [0.4, 0.5) is 4.39 Å². The van der Waals surface area contributed by atoms with E-state index in [1.807, 2.05) is 24.7 Å². The second-order valence-electron chi connectivity index (χ2n) is 4.54. The maximum absolute atomic E-state index is 13.5. The summed E-state index contributed by atoms with van der Waals surface area (Å²) in [6.07, 6.45) is 2.67. The first-order chi connectivity index (χ1) is 9.51. The zero-order chi connectivity index (χ0) is 14.4. The summed E-state index contributed by atoms with van der Waals surface area (Å²) in [4.78, 5) is 3.00. The average molecular weight is 311 g/mol. The molecule has 0 atom stereocenters. The molecule has 0 spiro atoms. The number of benzene rings is 1. The minimum atomic E-state index is -0.468. The second kappa shape index (κ2) is 4.71. The zero-order valence-corrected chi connectivity index (χ0v) is 12.5. The smallest absolute Gasteiger partial charge is 0.182 e. The van der Waals surface area contributed by atoms with Crippen molar-refractivity contribution in [1.29, 1.82) is 0 Å². The largest absolute Gasteiger partial charge is 0.330 e. The van der Waals surface area contributed by atoms with Crippen LogP contribution in [-0.2, 0) is 13.5 Å². The van der Waals surface area contributed by atoms with Gasteiger partial charge in [0.25, 0.3) is 0 Å². The van der Waals surface area contributed by atoms with Gasteiger partial charge in [0, 0.05) is 19.3 Å². The van der Waals surface area contributed by atoms with E-state index in [0.717, 1.165) is 23.3 Å². The van der Waals surface area contributed by atoms with Crippen molar-refractivity contribution in [3.8, 4) is 5.69 Å². The number of H-pyrrole nitrogens is 1. The molecule has 0 saturated heterocycles. The van der Waals surface area contributed by atoms with Gasteiger partial charge in [0.2, 0.25) is 0 Å². The van der Waals surface area contributed by atoms with Crippen LogP contribution in [0.15, 0.2) is 18.3 Å². The SMILES string of the molecule is CCc1nn(C)cc1-n1c(=S)[nH]c2cc(F)c(Cl)cc21. The van der Waals surface area contributed by atoms with Gasteiger partial charge in [0.05, 0.1) is 27.4 Å². The van der Waals surface area contributed by atoms with E-state index in [2.05, 4.69) is 10.1 Å². The van der Waals surface area contributed by atoms with Gasteiger partial charge in [-0.25, -0.2) is 4.39 Å². The molecule has 3 aromatic rings. The van der Waals surface area contributed by atoms with Crippen molar-refractivity contribution in [2.24, 2.45) is 7.05 Å². The lowest BCUT2D eigenvalue weighted by Crippen LogP contribution is -1.97. The molecule has 0 fully saturated rings. The van der Waals surface area contributed by atoms with Gasteiger partial charge in [0.1, 0.15) is 5.82 Å². The number of aromatic nitrogens is 4. The zero-order valence-electron chi connectivity index (χ0n) is 10.9. The van der Waals surface area contributed by atoms with Crippen LogP contribution in [0.25, 0.3) is 16.7 Å². The Labute approximate surface area is 124 Å². The molecule has 2 heterocycles. The van der Waals surface area contributed by atoms with E-state index < -0.39 is 5.82 Å². The second-order valence-corrected chi connectivity index (χ2v) is 5.33. The molecule has 3 rings (SSSR count). The van der Waals surface area contributed by atoms with E-state index in [1.54, 1.807) is 10.7 Å². The molecule has 0 aliphatic carbocycles. The normalized spacial score (nSPS) is 11.4. The third-order valence-corrected chi connectivity index (χ3v) is 3.76. The molecular weight excluding hydrogens is 299 g/mol. The van der Waals surface area contributed by atoms with E-state index in [4.69, 9.17) is 23.8 Å². The topological polar surface area (TPSA) is 38.5 Å². The Kier molecular flexibility index (Phi) is 3.14. The number of aromatic amines is 1. The fraction of sp³-hybridized carbons (Fsp3) is 0.231. The van der Waals surface area contributed by atoms with Gasteiger partial charge in [-0.2, -0.15) is 5.10 Å². The van der Waals surface area contributed by atoms with Gasteiger partial charge in [-0.05, 0) is 24.7 Å². The van der Waals surface area contributed by atoms with Crippen molar-refractivity contribution in [3.63, 3.8) is 0 Å². The van der Waals surface area contributed by atoms with Gasteiger partial charge < -0.3 is 4.98 Å². The van der Waals surface area contributed by atoms with Crippen LogP contribution < -0.4 is 0 Å². The summed E-state index contributed by atoms with van der Waals surface area (Å²) < 4.78 is 17.6. The number of imidazole rings is 1. The van der Waals surface area contributed by atoms with Crippen molar-refractivity contribution in [1.82, 2.24) is 19.3 Å². The van der Waals surface area contributed by atoms with Gasteiger partial charge in [-0.1, -0.05) is 18.5 Å². The molecule has 2 aromatic heterocycles. The van der Waals surface area contributed by atoms with E-state index in [0.29, 0.717) is 10.3 Å². The average Bonchev–Trinajstić information content (AvgIpc) is 2.89. The highest BCUT2D eigenvalue weighted by Gasteiger charge is 2.14. The fourth-order valence-corrected chi connectivity index (χ4v) is 2.77. The van der Waals surface area contributed by atoms with Crippen molar-refractivity contribution in [3.05, 3.63) is 39.6 Å². The van der Waals surface area contributed by atoms with Crippen molar-refractivity contribution >= 4 is 34.9 Å². The Morgan fingerprint density at radius 1 is 1.45 bits per heavy atom. The van der Waals surface area contributed by atoms with Crippen LogP contribution in [-0.4, -0.2) is 19.3 Å². The summed E-state index contributed by atoms with van der Waals surface area (Å²) in [6.45, 7) is 2.02. The highest BCUT2D eigenvalue weighted by molar-refractivity contribution is 7.71. The Morgan fingerprint density at radius 2 is 2.20 bits per heavy atom. The van der Waals surface area contributed by atoms with Crippen LogP contribution >= 0.6 is 23.8 Å². The molecule has 0 amide bonds. The molecule has 0 aliphatic heterocycles. The lowest BCUT2D eigenvalue weighted by molar-refractivity contribution is 0.630.